The predicted molar refractivity (Wildman–Crippen MR) is 106 cm³/mol. The van der Waals surface area contributed by atoms with Crippen LogP contribution in [0.5, 0.6) is 0 Å². The summed E-state index contributed by atoms with van der Waals surface area (Å²) in [5.74, 6) is 2.31. The van der Waals surface area contributed by atoms with Crippen molar-refractivity contribution in [2.45, 2.75) is 6.42 Å². The van der Waals surface area contributed by atoms with Crippen molar-refractivity contribution in [3.63, 3.8) is 0 Å². The molecule has 5 nitrogen and oxygen atoms in total. The number of hydrogen-bond acceptors (Lipinski definition) is 5. The third-order valence-corrected chi connectivity index (χ3v) is 3.93. The Morgan fingerprint density at radius 3 is 2.08 bits per heavy atom. The van der Waals surface area contributed by atoms with Gasteiger partial charge in [-0.1, -0.05) is 60.7 Å². The van der Waals surface area contributed by atoms with Crippen molar-refractivity contribution in [1.82, 2.24) is 9.97 Å². The molecule has 0 saturated heterocycles. The smallest absolute Gasteiger partial charge is 0.163 e. The van der Waals surface area contributed by atoms with Crippen LogP contribution in [0.15, 0.2) is 66.7 Å². The van der Waals surface area contributed by atoms with E-state index >= 15 is 0 Å². The van der Waals surface area contributed by atoms with Gasteiger partial charge in [0, 0.05) is 31.8 Å². The van der Waals surface area contributed by atoms with Crippen molar-refractivity contribution < 1.29 is 4.74 Å². The molecule has 1 aromatic heterocycles. The van der Waals surface area contributed by atoms with Crippen LogP contribution in [0.4, 0.5) is 11.6 Å². The number of methoxy groups -OCH3 is 1. The number of nitrogens with zero attached hydrogens (tertiary/aromatic N) is 2. The molecule has 0 aliphatic rings. The second-order valence-corrected chi connectivity index (χ2v) is 5.91. The van der Waals surface area contributed by atoms with Gasteiger partial charge in [-0.3, -0.25) is 0 Å². The molecule has 0 aliphatic carbocycles. The van der Waals surface area contributed by atoms with Gasteiger partial charge in [0.2, 0.25) is 0 Å². The van der Waals surface area contributed by atoms with Crippen molar-refractivity contribution >= 4 is 11.6 Å². The molecule has 0 unspecified atom stereocenters. The van der Waals surface area contributed by atoms with E-state index in [4.69, 9.17) is 4.74 Å². The molecule has 3 aromatic rings. The number of hydrogen-bond donors (Lipinski definition) is 2. The van der Waals surface area contributed by atoms with Crippen LogP contribution < -0.4 is 10.6 Å². The molecule has 0 amide bonds. The number of rotatable bonds is 9. The Balaban J connectivity index is 1.73. The van der Waals surface area contributed by atoms with E-state index in [0.717, 1.165) is 30.2 Å². The van der Waals surface area contributed by atoms with E-state index in [9.17, 15) is 0 Å². The Morgan fingerprint density at radius 1 is 0.808 bits per heavy atom. The fraction of sp³-hybridized carbons (Fsp3) is 0.238. The number of anilines is 2. The van der Waals surface area contributed by atoms with Crippen LogP contribution in [-0.2, 0) is 11.2 Å². The molecule has 3 rings (SSSR count). The number of benzene rings is 2. The highest BCUT2D eigenvalue weighted by atomic mass is 16.5. The molecule has 0 fully saturated rings. The molecule has 0 atom stereocenters. The van der Waals surface area contributed by atoms with Gasteiger partial charge in [-0.25, -0.2) is 9.97 Å². The average Bonchev–Trinajstić information content (AvgIpc) is 2.70. The molecule has 2 aromatic carbocycles. The largest absolute Gasteiger partial charge is 0.383 e. The molecule has 0 spiro atoms. The van der Waals surface area contributed by atoms with E-state index in [-0.39, 0.29) is 0 Å². The quantitative estimate of drug-likeness (QED) is 0.575. The van der Waals surface area contributed by atoms with Crippen molar-refractivity contribution in [2.24, 2.45) is 0 Å². The zero-order valence-corrected chi connectivity index (χ0v) is 15.0. The lowest BCUT2D eigenvalue weighted by molar-refractivity contribution is 0.210. The molecule has 5 heteroatoms. The Morgan fingerprint density at radius 2 is 1.42 bits per heavy atom. The van der Waals surface area contributed by atoms with Crippen LogP contribution >= 0.6 is 0 Å². The average molecular weight is 348 g/mol. The number of ether oxygens (including phenoxy) is 1. The lowest BCUT2D eigenvalue weighted by atomic mass is 10.1. The van der Waals surface area contributed by atoms with Crippen molar-refractivity contribution in [1.29, 1.82) is 0 Å². The van der Waals surface area contributed by atoms with Gasteiger partial charge in [-0.2, -0.15) is 0 Å². The molecule has 0 saturated carbocycles. The Bertz CT molecular complexity index is 794. The van der Waals surface area contributed by atoms with E-state index in [1.54, 1.807) is 7.11 Å². The first-order chi connectivity index (χ1) is 12.8. The molecule has 1 heterocycles. The summed E-state index contributed by atoms with van der Waals surface area (Å²) in [5.41, 5.74) is 2.30. The molecule has 0 aliphatic heterocycles. The topological polar surface area (TPSA) is 59.1 Å². The van der Waals surface area contributed by atoms with Crippen LogP contribution in [-0.4, -0.2) is 36.8 Å². The molecule has 0 bridgehead atoms. The van der Waals surface area contributed by atoms with E-state index in [1.807, 2.05) is 42.5 Å². The zero-order valence-electron chi connectivity index (χ0n) is 15.0. The maximum Gasteiger partial charge on any atom is 0.163 e. The molecule has 26 heavy (non-hydrogen) atoms. The maximum atomic E-state index is 5.10. The Labute approximate surface area is 154 Å². The molecule has 0 radical (unpaired) electrons. The van der Waals surface area contributed by atoms with Crippen LogP contribution in [0.3, 0.4) is 0 Å². The third-order valence-electron chi connectivity index (χ3n) is 3.93. The van der Waals surface area contributed by atoms with E-state index in [2.05, 4.69) is 44.9 Å². The van der Waals surface area contributed by atoms with Gasteiger partial charge in [0.05, 0.1) is 6.61 Å². The van der Waals surface area contributed by atoms with Crippen molar-refractivity contribution in [3.8, 4) is 11.4 Å². The van der Waals surface area contributed by atoms with Gasteiger partial charge in [0.1, 0.15) is 11.6 Å². The summed E-state index contributed by atoms with van der Waals surface area (Å²) in [4.78, 5) is 9.29. The summed E-state index contributed by atoms with van der Waals surface area (Å²) in [6.07, 6.45) is 0.942. The minimum atomic E-state index is 0.626. The number of nitrogens with one attached hydrogen (secondary N) is 2. The molecule has 2 N–H and O–H groups in total. The van der Waals surface area contributed by atoms with Gasteiger partial charge in [0.25, 0.3) is 0 Å². The van der Waals surface area contributed by atoms with Gasteiger partial charge < -0.3 is 15.4 Å². The number of aromatic nitrogens is 2. The van der Waals surface area contributed by atoms with Gasteiger partial charge in [-0.15, -0.1) is 0 Å². The van der Waals surface area contributed by atoms with Crippen LogP contribution in [0.2, 0.25) is 0 Å². The Hall–Kier alpha value is -2.92. The lowest BCUT2D eigenvalue weighted by Crippen LogP contribution is -2.12. The fourth-order valence-corrected chi connectivity index (χ4v) is 2.61. The maximum absolute atomic E-state index is 5.10. The highest BCUT2D eigenvalue weighted by Gasteiger charge is 2.07. The predicted octanol–water partition coefficient (Wildman–Crippen LogP) is 3.86. The van der Waals surface area contributed by atoms with E-state index in [0.29, 0.717) is 19.0 Å². The monoisotopic (exact) mass is 348 g/mol. The zero-order chi connectivity index (χ0) is 18.0. The SMILES string of the molecule is COCCNc1cc(NCCc2ccccc2)nc(-c2ccccc2)n1. The molecular weight excluding hydrogens is 324 g/mol. The molecule has 134 valence electrons. The van der Waals surface area contributed by atoms with Crippen LogP contribution in [0.1, 0.15) is 5.56 Å². The highest BCUT2D eigenvalue weighted by molar-refractivity contribution is 5.61. The van der Waals surface area contributed by atoms with Crippen molar-refractivity contribution in [3.05, 3.63) is 72.3 Å². The van der Waals surface area contributed by atoms with Crippen LogP contribution in [0.25, 0.3) is 11.4 Å². The minimum absolute atomic E-state index is 0.626. The van der Waals surface area contributed by atoms with Gasteiger partial charge in [-0.05, 0) is 12.0 Å². The van der Waals surface area contributed by atoms with Crippen molar-refractivity contribution in [2.75, 3.05) is 37.4 Å². The summed E-state index contributed by atoms with van der Waals surface area (Å²) in [7, 11) is 1.69. The summed E-state index contributed by atoms with van der Waals surface area (Å²) in [5, 5.41) is 6.70. The minimum Gasteiger partial charge on any atom is -0.383 e. The first-order valence-corrected chi connectivity index (χ1v) is 8.80. The van der Waals surface area contributed by atoms with Gasteiger partial charge in [0.15, 0.2) is 5.82 Å². The summed E-state index contributed by atoms with van der Waals surface area (Å²) >= 11 is 0. The van der Waals surface area contributed by atoms with Gasteiger partial charge >= 0.3 is 0 Å². The van der Waals surface area contributed by atoms with E-state index in [1.165, 1.54) is 5.56 Å². The second-order valence-electron chi connectivity index (χ2n) is 5.91. The first-order valence-electron chi connectivity index (χ1n) is 8.80. The second kappa shape index (κ2) is 9.53. The summed E-state index contributed by atoms with van der Waals surface area (Å²) in [6, 6.07) is 22.4. The fourth-order valence-electron chi connectivity index (χ4n) is 2.61. The third kappa shape index (κ3) is 5.29. The summed E-state index contributed by atoms with van der Waals surface area (Å²) in [6.45, 7) is 2.14. The standard InChI is InChI=1S/C21H24N4O/c1-26-15-14-23-20-16-19(22-13-12-17-8-4-2-5-9-17)24-21(25-20)18-10-6-3-7-11-18/h2-11,16H,12-15H2,1H3,(H2,22,23,24,25). The first kappa shape index (κ1) is 17.9. The summed E-state index contributed by atoms with van der Waals surface area (Å²) < 4.78 is 5.10. The molecular formula is C21H24N4O. The van der Waals surface area contributed by atoms with Crippen LogP contribution in [0, 0.1) is 0 Å². The normalized spacial score (nSPS) is 10.5. The lowest BCUT2D eigenvalue weighted by Gasteiger charge is -2.11. The Kier molecular flexibility index (Phi) is 6.56. The van der Waals surface area contributed by atoms with E-state index < -0.39 is 0 Å². The highest BCUT2D eigenvalue weighted by Crippen LogP contribution is 2.20.